The molecule has 3 rings (SSSR count). The standard InChI is InChI=1S/C15H10ClNO3/c16-12-7-5-10(6-8-12)15-13(17(18)19)9-11-3-1-2-4-14(11)20-15/h1-9,15H. The van der Waals surface area contributed by atoms with Crippen LogP contribution in [-0.2, 0) is 0 Å². The van der Waals surface area contributed by atoms with Gasteiger partial charge in [0.2, 0.25) is 6.10 Å². The number of hydrogen-bond acceptors (Lipinski definition) is 3. The van der Waals surface area contributed by atoms with Crippen LogP contribution in [0.4, 0.5) is 0 Å². The van der Waals surface area contributed by atoms with Crippen LogP contribution in [0.15, 0.2) is 54.2 Å². The van der Waals surface area contributed by atoms with Crippen molar-refractivity contribution < 1.29 is 9.66 Å². The van der Waals surface area contributed by atoms with Crippen LogP contribution in [0.25, 0.3) is 6.08 Å². The van der Waals surface area contributed by atoms with Gasteiger partial charge in [-0.1, -0.05) is 41.9 Å². The Bertz CT molecular complexity index is 695. The highest BCUT2D eigenvalue weighted by Crippen LogP contribution is 2.37. The molecule has 2 aromatic carbocycles. The summed E-state index contributed by atoms with van der Waals surface area (Å²) in [5, 5.41) is 11.8. The summed E-state index contributed by atoms with van der Waals surface area (Å²) in [5.74, 6) is 0.637. The molecule has 100 valence electrons. The van der Waals surface area contributed by atoms with E-state index in [1.54, 1.807) is 42.5 Å². The highest BCUT2D eigenvalue weighted by Gasteiger charge is 2.32. The van der Waals surface area contributed by atoms with E-state index in [1.807, 2.05) is 12.1 Å². The van der Waals surface area contributed by atoms with E-state index in [4.69, 9.17) is 16.3 Å². The number of nitro groups is 1. The Morgan fingerprint density at radius 1 is 1.10 bits per heavy atom. The van der Waals surface area contributed by atoms with E-state index in [1.165, 1.54) is 0 Å². The summed E-state index contributed by atoms with van der Waals surface area (Å²) in [6.45, 7) is 0. The van der Waals surface area contributed by atoms with E-state index in [0.29, 0.717) is 21.9 Å². The van der Waals surface area contributed by atoms with Crippen molar-refractivity contribution >= 4 is 17.7 Å². The number of nitrogens with zero attached hydrogens (tertiary/aromatic N) is 1. The maximum atomic E-state index is 11.2. The van der Waals surface area contributed by atoms with E-state index in [2.05, 4.69) is 0 Å². The van der Waals surface area contributed by atoms with Crippen LogP contribution in [-0.4, -0.2) is 4.92 Å². The van der Waals surface area contributed by atoms with Crippen LogP contribution in [0.5, 0.6) is 5.75 Å². The van der Waals surface area contributed by atoms with E-state index < -0.39 is 11.0 Å². The van der Waals surface area contributed by atoms with Gasteiger partial charge in [-0.25, -0.2) is 0 Å². The van der Waals surface area contributed by atoms with Gasteiger partial charge in [-0.05, 0) is 18.2 Å². The fourth-order valence-corrected chi connectivity index (χ4v) is 2.28. The van der Waals surface area contributed by atoms with Gasteiger partial charge in [0.25, 0.3) is 5.70 Å². The Morgan fingerprint density at radius 2 is 1.80 bits per heavy atom. The summed E-state index contributed by atoms with van der Waals surface area (Å²) in [6, 6.07) is 14.1. The summed E-state index contributed by atoms with van der Waals surface area (Å²) >= 11 is 5.84. The van der Waals surface area contributed by atoms with Gasteiger partial charge in [0.1, 0.15) is 5.75 Å². The highest BCUT2D eigenvalue weighted by molar-refractivity contribution is 6.30. The molecule has 0 N–H and O–H groups in total. The SMILES string of the molecule is O=[N+]([O-])C1=Cc2ccccc2OC1c1ccc(Cl)cc1. The van der Waals surface area contributed by atoms with E-state index in [9.17, 15) is 10.1 Å². The second-order valence-corrected chi connectivity index (χ2v) is 4.85. The molecule has 0 fully saturated rings. The number of halogens is 1. The molecule has 1 aliphatic heterocycles. The molecule has 1 atom stereocenters. The van der Waals surface area contributed by atoms with Crippen molar-refractivity contribution in [1.82, 2.24) is 0 Å². The first-order chi connectivity index (χ1) is 9.65. The average molecular weight is 288 g/mol. The van der Waals surface area contributed by atoms with Crippen LogP contribution >= 0.6 is 11.6 Å². The molecule has 1 aliphatic rings. The minimum Gasteiger partial charge on any atom is -0.474 e. The summed E-state index contributed by atoms with van der Waals surface area (Å²) in [7, 11) is 0. The Morgan fingerprint density at radius 3 is 2.50 bits per heavy atom. The molecule has 0 radical (unpaired) electrons. The fourth-order valence-electron chi connectivity index (χ4n) is 2.15. The number of benzene rings is 2. The number of ether oxygens (including phenoxy) is 1. The van der Waals surface area contributed by atoms with Crippen molar-refractivity contribution in [2.75, 3.05) is 0 Å². The molecule has 0 aromatic heterocycles. The van der Waals surface area contributed by atoms with Crippen LogP contribution < -0.4 is 4.74 Å². The zero-order valence-electron chi connectivity index (χ0n) is 10.3. The number of para-hydroxylation sites is 1. The molecule has 0 saturated carbocycles. The third-order valence-corrected chi connectivity index (χ3v) is 3.37. The minimum absolute atomic E-state index is 0.0195. The predicted octanol–water partition coefficient (Wildman–Crippen LogP) is 4.09. The molecule has 0 amide bonds. The largest absolute Gasteiger partial charge is 0.474 e. The Labute approximate surface area is 120 Å². The average Bonchev–Trinajstić information content (AvgIpc) is 2.46. The second kappa shape index (κ2) is 4.98. The molecule has 0 saturated heterocycles. The van der Waals surface area contributed by atoms with E-state index in [-0.39, 0.29) is 5.70 Å². The van der Waals surface area contributed by atoms with Crippen molar-refractivity contribution in [2.24, 2.45) is 0 Å². The second-order valence-electron chi connectivity index (χ2n) is 4.41. The van der Waals surface area contributed by atoms with Crippen molar-refractivity contribution in [1.29, 1.82) is 0 Å². The topological polar surface area (TPSA) is 52.4 Å². The molecule has 0 aliphatic carbocycles. The lowest BCUT2D eigenvalue weighted by molar-refractivity contribution is -0.434. The number of hydrogen-bond donors (Lipinski definition) is 0. The van der Waals surface area contributed by atoms with Gasteiger partial charge in [-0.3, -0.25) is 10.1 Å². The molecule has 0 spiro atoms. The summed E-state index contributed by atoms with van der Waals surface area (Å²) in [6.07, 6.45) is 0.829. The van der Waals surface area contributed by atoms with Gasteiger partial charge in [-0.15, -0.1) is 0 Å². The van der Waals surface area contributed by atoms with Crippen LogP contribution in [0.2, 0.25) is 5.02 Å². The first-order valence-corrected chi connectivity index (χ1v) is 6.40. The van der Waals surface area contributed by atoms with Crippen molar-refractivity contribution in [3.05, 3.63) is 80.5 Å². The maximum absolute atomic E-state index is 11.2. The molecule has 4 nitrogen and oxygen atoms in total. The van der Waals surface area contributed by atoms with Crippen LogP contribution in [0.1, 0.15) is 17.2 Å². The molecular formula is C15H10ClNO3. The predicted molar refractivity (Wildman–Crippen MR) is 76.2 cm³/mol. The zero-order valence-corrected chi connectivity index (χ0v) is 11.1. The molecule has 2 aromatic rings. The monoisotopic (exact) mass is 287 g/mol. The third-order valence-electron chi connectivity index (χ3n) is 3.12. The van der Waals surface area contributed by atoms with Crippen molar-refractivity contribution in [3.8, 4) is 5.75 Å². The summed E-state index contributed by atoms with van der Waals surface area (Å²) in [5.41, 5.74) is 1.43. The van der Waals surface area contributed by atoms with Gasteiger partial charge < -0.3 is 4.74 Å². The Hall–Kier alpha value is -2.33. The minimum atomic E-state index is -0.725. The first-order valence-electron chi connectivity index (χ1n) is 6.02. The maximum Gasteiger partial charge on any atom is 0.291 e. The lowest BCUT2D eigenvalue weighted by Gasteiger charge is -2.22. The molecule has 5 heteroatoms. The smallest absolute Gasteiger partial charge is 0.291 e. The molecule has 1 unspecified atom stereocenters. The first kappa shape index (κ1) is 12.7. The van der Waals surface area contributed by atoms with Gasteiger partial charge in [0.05, 0.1) is 4.92 Å². The highest BCUT2D eigenvalue weighted by atomic mass is 35.5. The number of rotatable bonds is 2. The zero-order chi connectivity index (χ0) is 14.1. The normalized spacial score (nSPS) is 16.9. The molecule has 20 heavy (non-hydrogen) atoms. The van der Waals surface area contributed by atoms with E-state index >= 15 is 0 Å². The van der Waals surface area contributed by atoms with Crippen molar-refractivity contribution in [2.45, 2.75) is 6.10 Å². The summed E-state index contributed by atoms with van der Waals surface area (Å²) < 4.78 is 5.78. The van der Waals surface area contributed by atoms with Gasteiger partial charge in [0, 0.05) is 22.2 Å². The van der Waals surface area contributed by atoms with Gasteiger partial charge >= 0.3 is 0 Å². The molecular weight excluding hydrogens is 278 g/mol. The van der Waals surface area contributed by atoms with Gasteiger partial charge in [-0.2, -0.15) is 0 Å². The molecule has 0 bridgehead atoms. The molecule has 1 heterocycles. The Balaban J connectivity index is 2.08. The summed E-state index contributed by atoms with van der Waals surface area (Å²) in [4.78, 5) is 10.8. The lowest BCUT2D eigenvalue weighted by Crippen LogP contribution is -2.19. The fraction of sp³-hybridized carbons (Fsp3) is 0.0667. The van der Waals surface area contributed by atoms with Crippen LogP contribution in [0, 0.1) is 10.1 Å². The van der Waals surface area contributed by atoms with Crippen molar-refractivity contribution in [3.63, 3.8) is 0 Å². The Kier molecular flexibility index (Phi) is 3.16. The van der Waals surface area contributed by atoms with E-state index in [0.717, 1.165) is 0 Å². The number of fused-ring (bicyclic) bond motifs is 1. The third kappa shape index (κ3) is 2.26. The van der Waals surface area contributed by atoms with Crippen LogP contribution in [0.3, 0.4) is 0 Å². The lowest BCUT2D eigenvalue weighted by atomic mass is 10.0. The quantitative estimate of drug-likeness (QED) is 0.617. The van der Waals surface area contributed by atoms with Gasteiger partial charge in [0.15, 0.2) is 0 Å².